The quantitative estimate of drug-likeness (QED) is 0.0538. The van der Waals surface area contributed by atoms with Crippen molar-refractivity contribution in [2.45, 2.75) is 17.1 Å². The molecule has 0 fully saturated rings. The number of thioether (sulfide) groups is 1. The van der Waals surface area contributed by atoms with Crippen LogP contribution in [0.25, 0.3) is 17.3 Å². The zero-order valence-corrected chi connectivity index (χ0v) is 28.1. The van der Waals surface area contributed by atoms with Crippen LogP contribution in [0.5, 0.6) is 0 Å². The molecule has 0 aliphatic heterocycles. The molecule has 1 atom stereocenters. The third kappa shape index (κ3) is 8.87. The van der Waals surface area contributed by atoms with Gasteiger partial charge in [0.25, 0.3) is 17.5 Å². The molecular weight excluding hydrogens is 693 g/mol. The van der Waals surface area contributed by atoms with Crippen LogP contribution in [0.2, 0.25) is 10.0 Å². The Bertz CT molecular complexity index is 2040. The number of halogens is 2. The first-order valence-corrected chi connectivity index (χ1v) is 16.7. The van der Waals surface area contributed by atoms with E-state index < -0.39 is 22.0 Å². The second-order valence-electron chi connectivity index (χ2n) is 10.1. The van der Waals surface area contributed by atoms with E-state index in [0.717, 1.165) is 5.56 Å². The lowest BCUT2D eigenvalue weighted by atomic mass is 10.1. The number of nitrogens with one attached hydrogen (secondary N) is 3. The molecule has 0 aliphatic carbocycles. The fourth-order valence-electron chi connectivity index (χ4n) is 4.30. The fraction of sp³-hybridized carbons (Fsp3) is 0.0588. The Balaban J connectivity index is 1.28. The minimum absolute atomic E-state index is 0.134. The molecule has 4 aromatic carbocycles. The average Bonchev–Trinajstić information content (AvgIpc) is 3.54. The van der Waals surface area contributed by atoms with Gasteiger partial charge in [0.2, 0.25) is 5.91 Å². The van der Waals surface area contributed by atoms with E-state index in [1.54, 1.807) is 91.2 Å². The summed E-state index contributed by atoms with van der Waals surface area (Å²) < 4.78 is 0. The highest BCUT2D eigenvalue weighted by Crippen LogP contribution is 2.32. The van der Waals surface area contributed by atoms with E-state index in [1.807, 2.05) is 0 Å². The van der Waals surface area contributed by atoms with Gasteiger partial charge in [0.15, 0.2) is 5.13 Å². The van der Waals surface area contributed by atoms with E-state index in [2.05, 4.69) is 20.9 Å². The van der Waals surface area contributed by atoms with Crippen LogP contribution in [0.4, 0.5) is 16.5 Å². The van der Waals surface area contributed by atoms with Crippen LogP contribution in [0.1, 0.15) is 22.8 Å². The SMILES string of the molecule is CC(Sc1cccc(NC(=O)/C(=C\c2ccccc2[N+](=O)[O-])NC(=O)c2ccccc2)c1)C(=O)Nc1nc(-c2ccc(Cl)c(Cl)c2)cs1. The lowest BCUT2D eigenvalue weighted by Crippen LogP contribution is -2.30. The number of nitrogens with zero attached hydrogens (tertiary/aromatic N) is 2. The number of nitro groups is 1. The molecule has 3 N–H and O–H groups in total. The predicted molar refractivity (Wildman–Crippen MR) is 192 cm³/mol. The highest BCUT2D eigenvalue weighted by Gasteiger charge is 2.20. The lowest BCUT2D eigenvalue weighted by Gasteiger charge is -2.13. The first-order chi connectivity index (χ1) is 23.1. The Hall–Kier alpha value is -5.01. The first-order valence-electron chi connectivity index (χ1n) is 14.2. The van der Waals surface area contributed by atoms with Gasteiger partial charge in [-0.1, -0.05) is 65.7 Å². The van der Waals surface area contributed by atoms with Gasteiger partial charge in [-0.15, -0.1) is 23.1 Å². The van der Waals surface area contributed by atoms with E-state index in [4.69, 9.17) is 23.2 Å². The third-order valence-corrected chi connectivity index (χ3v) is 9.28. The van der Waals surface area contributed by atoms with Crippen molar-refractivity contribution < 1.29 is 19.3 Å². The maximum atomic E-state index is 13.5. The van der Waals surface area contributed by atoms with E-state index >= 15 is 0 Å². The number of carbonyl (C=O) groups excluding carboxylic acids is 3. The number of benzene rings is 4. The maximum absolute atomic E-state index is 13.5. The van der Waals surface area contributed by atoms with Gasteiger partial charge in [-0.2, -0.15) is 0 Å². The van der Waals surface area contributed by atoms with E-state index in [9.17, 15) is 24.5 Å². The second-order valence-corrected chi connectivity index (χ2v) is 13.2. The molecule has 0 bridgehead atoms. The molecule has 1 aromatic heterocycles. The largest absolute Gasteiger partial charge is 0.321 e. The van der Waals surface area contributed by atoms with Crippen LogP contribution in [0.15, 0.2) is 113 Å². The molecule has 1 unspecified atom stereocenters. The molecule has 0 saturated heterocycles. The van der Waals surface area contributed by atoms with Crippen LogP contribution < -0.4 is 16.0 Å². The summed E-state index contributed by atoms with van der Waals surface area (Å²) in [6.45, 7) is 1.74. The number of rotatable bonds is 11. The normalized spacial score (nSPS) is 11.8. The van der Waals surface area contributed by atoms with Crippen LogP contribution in [0.3, 0.4) is 0 Å². The van der Waals surface area contributed by atoms with E-state index in [0.29, 0.717) is 37.0 Å². The molecule has 5 rings (SSSR count). The number of carbonyl (C=O) groups is 3. The van der Waals surface area contributed by atoms with Crippen molar-refractivity contribution in [3.05, 3.63) is 139 Å². The highest BCUT2D eigenvalue weighted by atomic mass is 35.5. The van der Waals surface area contributed by atoms with Crippen molar-refractivity contribution >= 4 is 86.6 Å². The summed E-state index contributed by atoms with van der Waals surface area (Å²) in [7, 11) is 0. The number of hydrogen-bond donors (Lipinski definition) is 3. The highest BCUT2D eigenvalue weighted by molar-refractivity contribution is 8.00. The summed E-state index contributed by atoms with van der Waals surface area (Å²) in [6.07, 6.45) is 1.25. The number of hydrogen-bond acceptors (Lipinski definition) is 8. The van der Waals surface area contributed by atoms with Gasteiger partial charge in [-0.05, 0) is 61.5 Å². The Kier molecular flexibility index (Phi) is 11.2. The predicted octanol–water partition coefficient (Wildman–Crippen LogP) is 8.55. The summed E-state index contributed by atoms with van der Waals surface area (Å²) in [5.74, 6) is -1.54. The zero-order chi connectivity index (χ0) is 34.2. The van der Waals surface area contributed by atoms with Gasteiger partial charge in [-0.3, -0.25) is 24.5 Å². The number of thiazole rings is 1. The molecule has 48 heavy (non-hydrogen) atoms. The Labute approximate surface area is 293 Å². The van der Waals surface area contributed by atoms with Gasteiger partial charge in [0.05, 0.1) is 31.5 Å². The summed E-state index contributed by atoms with van der Waals surface area (Å²) >= 11 is 14.7. The van der Waals surface area contributed by atoms with Crippen molar-refractivity contribution in [1.29, 1.82) is 0 Å². The number of amides is 3. The standard InChI is InChI=1S/C34H25Cl2N5O5S2/c1-20(31(42)40-34-39-29(19-47-34)22-14-15-26(35)27(36)16-22)48-25-12-7-11-24(18-25)37-33(44)28(38-32(43)21-8-3-2-4-9-21)17-23-10-5-6-13-30(23)41(45)46/h2-20H,1H3,(H,37,44)(H,38,43)(H,39,40,42)/b28-17+. The molecule has 0 saturated carbocycles. The van der Waals surface area contributed by atoms with Gasteiger partial charge in [-0.25, -0.2) is 4.98 Å². The lowest BCUT2D eigenvalue weighted by molar-refractivity contribution is -0.385. The number of anilines is 2. The van der Waals surface area contributed by atoms with Crippen molar-refractivity contribution in [3.8, 4) is 11.3 Å². The van der Waals surface area contributed by atoms with Gasteiger partial charge < -0.3 is 16.0 Å². The molecule has 3 amide bonds. The van der Waals surface area contributed by atoms with Gasteiger partial charge in [0, 0.05) is 33.2 Å². The van der Waals surface area contributed by atoms with Crippen molar-refractivity contribution in [2.24, 2.45) is 0 Å². The first kappa shape index (κ1) is 34.3. The molecule has 0 radical (unpaired) electrons. The molecule has 5 aromatic rings. The van der Waals surface area contributed by atoms with Crippen LogP contribution in [-0.2, 0) is 9.59 Å². The Morgan fingerprint density at radius 1 is 0.917 bits per heavy atom. The molecular formula is C34H25Cl2N5O5S2. The van der Waals surface area contributed by atoms with Gasteiger partial charge >= 0.3 is 0 Å². The van der Waals surface area contributed by atoms with Crippen molar-refractivity contribution in [3.63, 3.8) is 0 Å². The third-order valence-electron chi connectivity index (χ3n) is 6.69. The summed E-state index contributed by atoms with van der Waals surface area (Å²) in [6, 6.07) is 26.1. The number of nitro benzene ring substituents is 1. The average molecular weight is 719 g/mol. The maximum Gasteiger partial charge on any atom is 0.276 e. The zero-order valence-electron chi connectivity index (χ0n) is 25.0. The minimum Gasteiger partial charge on any atom is -0.321 e. The second kappa shape index (κ2) is 15.7. The number of para-hydroxylation sites is 1. The fourth-order valence-corrected chi connectivity index (χ4v) is 6.25. The smallest absolute Gasteiger partial charge is 0.276 e. The summed E-state index contributed by atoms with van der Waals surface area (Å²) in [4.78, 5) is 55.7. The Morgan fingerprint density at radius 2 is 1.67 bits per heavy atom. The van der Waals surface area contributed by atoms with Crippen molar-refractivity contribution in [1.82, 2.24) is 10.3 Å². The molecule has 242 valence electrons. The molecule has 10 nitrogen and oxygen atoms in total. The van der Waals surface area contributed by atoms with Crippen LogP contribution >= 0.6 is 46.3 Å². The van der Waals surface area contributed by atoms with Gasteiger partial charge in [0.1, 0.15) is 5.70 Å². The molecule has 0 aliphatic rings. The van der Waals surface area contributed by atoms with E-state index in [1.165, 1.54) is 47.4 Å². The monoisotopic (exact) mass is 717 g/mol. The summed E-state index contributed by atoms with van der Waals surface area (Å²) in [5, 5.41) is 22.3. The molecule has 0 spiro atoms. The summed E-state index contributed by atoms with van der Waals surface area (Å²) in [5.41, 5.74) is 1.79. The molecule has 1 heterocycles. The topological polar surface area (TPSA) is 143 Å². The van der Waals surface area contributed by atoms with Crippen LogP contribution in [0, 0.1) is 10.1 Å². The number of aromatic nitrogens is 1. The van der Waals surface area contributed by atoms with E-state index in [-0.39, 0.29) is 22.9 Å². The minimum atomic E-state index is -0.702. The van der Waals surface area contributed by atoms with Crippen LogP contribution in [-0.4, -0.2) is 32.9 Å². The Morgan fingerprint density at radius 3 is 2.42 bits per heavy atom. The van der Waals surface area contributed by atoms with Crippen molar-refractivity contribution in [2.75, 3.05) is 10.6 Å². The molecule has 14 heteroatoms.